The van der Waals surface area contributed by atoms with E-state index in [1.54, 1.807) is 0 Å². The molecule has 1 N–H and O–H groups in total. The van der Waals surface area contributed by atoms with Crippen molar-refractivity contribution in [2.45, 2.75) is 37.2 Å². The Morgan fingerprint density at radius 2 is 2.06 bits per heavy atom. The third-order valence-corrected chi connectivity index (χ3v) is 7.05. The zero-order valence-electron chi connectivity index (χ0n) is 10.7. The first-order valence-electron chi connectivity index (χ1n) is 6.03. The molecule has 1 saturated heterocycles. The summed E-state index contributed by atoms with van der Waals surface area (Å²) < 4.78 is 0.729. The molecule has 0 spiro atoms. The molecular formula is C12H17IN2OS2. The van der Waals surface area contributed by atoms with Crippen LogP contribution in [-0.4, -0.2) is 26.7 Å². The minimum atomic E-state index is 0.00711. The fourth-order valence-corrected chi connectivity index (χ4v) is 5.53. The predicted molar refractivity (Wildman–Crippen MR) is 88.8 cm³/mol. The molecule has 2 unspecified atom stereocenters. The maximum Gasteiger partial charge on any atom is 0.264 e. The summed E-state index contributed by atoms with van der Waals surface area (Å²) in [5.74, 6) is 3.46. The van der Waals surface area contributed by atoms with Crippen LogP contribution in [0.4, 0.5) is 0 Å². The average Bonchev–Trinajstić information content (AvgIpc) is 2.33. The highest BCUT2D eigenvalue weighted by Crippen LogP contribution is 2.41. The second kappa shape index (κ2) is 6.17. The number of H-pyrrole nitrogens is 1. The summed E-state index contributed by atoms with van der Waals surface area (Å²) in [6, 6.07) is 0. The zero-order chi connectivity index (χ0) is 13.3. The number of nitrogens with zero attached hydrogens (tertiary/aromatic N) is 1. The van der Waals surface area contributed by atoms with Gasteiger partial charge in [-0.15, -0.1) is 11.8 Å². The van der Waals surface area contributed by atoms with Crippen LogP contribution in [0.15, 0.2) is 4.79 Å². The van der Waals surface area contributed by atoms with Crippen molar-refractivity contribution in [3.05, 3.63) is 25.4 Å². The molecule has 18 heavy (non-hydrogen) atoms. The summed E-state index contributed by atoms with van der Waals surface area (Å²) in [5, 5.41) is 0.818. The number of aromatic nitrogens is 2. The van der Waals surface area contributed by atoms with Gasteiger partial charge < -0.3 is 4.98 Å². The molecule has 0 aliphatic carbocycles. The van der Waals surface area contributed by atoms with Crippen LogP contribution in [0, 0.1) is 3.57 Å². The molecule has 2 rings (SSSR count). The van der Waals surface area contributed by atoms with E-state index in [0.717, 1.165) is 20.8 Å². The number of hydrogen-bond acceptors (Lipinski definition) is 4. The van der Waals surface area contributed by atoms with Crippen LogP contribution >= 0.6 is 46.1 Å². The largest absolute Gasteiger partial charge is 0.309 e. The van der Waals surface area contributed by atoms with Crippen LogP contribution < -0.4 is 5.56 Å². The number of thioether (sulfide) groups is 2. The second-order valence-electron chi connectivity index (χ2n) is 4.67. The summed E-state index contributed by atoms with van der Waals surface area (Å²) in [7, 11) is 0. The Morgan fingerprint density at radius 1 is 1.39 bits per heavy atom. The molecule has 0 radical (unpaired) electrons. The van der Waals surface area contributed by atoms with Gasteiger partial charge in [0.05, 0.1) is 14.5 Å². The van der Waals surface area contributed by atoms with Crippen LogP contribution in [0.1, 0.15) is 43.5 Å². The van der Waals surface area contributed by atoms with Crippen molar-refractivity contribution in [1.82, 2.24) is 9.97 Å². The summed E-state index contributed by atoms with van der Waals surface area (Å²) in [4.78, 5) is 19.7. The summed E-state index contributed by atoms with van der Waals surface area (Å²) in [6.45, 7) is 6.38. The van der Waals surface area contributed by atoms with Crippen LogP contribution in [0.2, 0.25) is 0 Å². The van der Waals surface area contributed by atoms with E-state index in [1.807, 2.05) is 23.5 Å². The topological polar surface area (TPSA) is 45.8 Å². The Labute approximate surface area is 129 Å². The molecule has 0 amide bonds. The smallest absolute Gasteiger partial charge is 0.264 e. The van der Waals surface area contributed by atoms with Crippen molar-refractivity contribution in [2.24, 2.45) is 0 Å². The molecule has 1 fully saturated rings. The van der Waals surface area contributed by atoms with Gasteiger partial charge in [0.25, 0.3) is 5.56 Å². The maximum atomic E-state index is 12.0. The highest BCUT2D eigenvalue weighted by atomic mass is 127. The molecule has 2 heterocycles. The van der Waals surface area contributed by atoms with Gasteiger partial charge in [-0.2, -0.15) is 11.8 Å². The van der Waals surface area contributed by atoms with Gasteiger partial charge in [-0.05, 0) is 28.5 Å². The van der Waals surface area contributed by atoms with E-state index in [1.165, 1.54) is 5.75 Å². The SMILES string of the molecule is CC(C)c1nc(C2SCCSC2C)[nH]c(=O)c1I. The van der Waals surface area contributed by atoms with E-state index in [2.05, 4.69) is 48.3 Å². The van der Waals surface area contributed by atoms with Crippen molar-refractivity contribution in [2.75, 3.05) is 11.5 Å². The molecule has 1 aromatic rings. The normalized spacial score (nSPS) is 24.5. The van der Waals surface area contributed by atoms with Crippen LogP contribution in [0.3, 0.4) is 0 Å². The molecular weight excluding hydrogens is 379 g/mol. The van der Waals surface area contributed by atoms with Crippen molar-refractivity contribution < 1.29 is 0 Å². The first-order chi connectivity index (χ1) is 8.50. The lowest BCUT2D eigenvalue weighted by Crippen LogP contribution is -2.25. The lowest BCUT2D eigenvalue weighted by Gasteiger charge is -2.27. The van der Waals surface area contributed by atoms with Crippen molar-refractivity contribution in [1.29, 1.82) is 0 Å². The number of halogens is 1. The Bertz CT molecular complexity index is 489. The van der Waals surface area contributed by atoms with Gasteiger partial charge in [-0.1, -0.05) is 20.8 Å². The third-order valence-electron chi connectivity index (χ3n) is 2.91. The number of nitrogens with one attached hydrogen (secondary N) is 1. The lowest BCUT2D eigenvalue weighted by atomic mass is 10.1. The fourth-order valence-electron chi connectivity index (χ4n) is 1.94. The van der Waals surface area contributed by atoms with Crippen LogP contribution in [-0.2, 0) is 0 Å². The molecule has 0 saturated carbocycles. The van der Waals surface area contributed by atoms with E-state index >= 15 is 0 Å². The molecule has 2 atom stereocenters. The first-order valence-corrected chi connectivity index (χ1v) is 9.21. The quantitative estimate of drug-likeness (QED) is 0.779. The third kappa shape index (κ3) is 3.07. The van der Waals surface area contributed by atoms with Gasteiger partial charge >= 0.3 is 0 Å². The number of hydrogen-bond donors (Lipinski definition) is 1. The first kappa shape index (κ1) is 14.7. The highest BCUT2D eigenvalue weighted by Gasteiger charge is 2.27. The van der Waals surface area contributed by atoms with Gasteiger partial charge in [-0.3, -0.25) is 4.79 Å². The van der Waals surface area contributed by atoms with E-state index in [-0.39, 0.29) is 11.5 Å². The van der Waals surface area contributed by atoms with Gasteiger partial charge in [-0.25, -0.2) is 4.98 Å². The van der Waals surface area contributed by atoms with Gasteiger partial charge in [0.2, 0.25) is 0 Å². The zero-order valence-corrected chi connectivity index (χ0v) is 14.5. The Balaban J connectivity index is 2.42. The Kier molecular flexibility index (Phi) is 5.05. The van der Waals surface area contributed by atoms with E-state index in [4.69, 9.17) is 4.98 Å². The minimum absolute atomic E-state index is 0.00711. The van der Waals surface area contributed by atoms with E-state index in [0.29, 0.717) is 10.5 Å². The van der Waals surface area contributed by atoms with Crippen molar-refractivity contribution in [3.8, 4) is 0 Å². The molecule has 1 aromatic heterocycles. The second-order valence-corrected chi connectivity index (χ2v) is 8.49. The summed E-state index contributed by atoms with van der Waals surface area (Å²) in [5.41, 5.74) is 0.936. The molecule has 0 aromatic carbocycles. The van der Waals surface area contributed by atoms with Gasteiger partial charge in [0.1, 0.15) is 5.82 Å². The Morgan fingerprint density at radius 3 is 2.67 bits per heavy atom. The molecule has 1 aliphatic heterocycles. The summed E-state index contributed by atoms with van der Waals surface area (Å²) >= 11 is 5.96. The lowest BCUT2D eigenvalue weighted by molar-refractivity contribution is 0.743. The molecule has 1 aliphatic rings. The summed E-state index contributed by atoms with van der Waals surface area (Å²) in [6.07, 6.45) is 0. The number of aromatic amines is 1. The minimum Gasteiger partial charge on any atom is -0.309 e. The average molecular weight is 396 g/mol. The standard InChI is InChI=1S/C12H17IN2OS2/c1-6(2)9-8(13)12(16)15-11(14-9)10-7(3)17-4-5-18-10/h6-7,10H,4-5H2,1-3H3,(H,14,15,16). The monoisotopic (exact) mass is 396 g/mol. The van der Waals surface area contributed by atoms with Crippen LogP contribution in [0.25, 0.3) is 0 Å². The molecule has 3 nitrogen and oxygen atoms in total. The Hall–Kier alpha value is 0.310. The van der Waals surface area contributed by atoms with Crippen molar-refractivity contribution >= 4 is 46.1 Å². The molecule has 6 heteroatoms. The number of rotatable bonds is 2. The molecule has 100 valence electrons. The van der Waals surface area contributed by atoms with E-state index in [9.17, 15) is 4.79 Å². The maximum absolute atomic E-state index is 12.0. The predicted octanol–water partition coefficient (Wildman–Crippen LogP) is 3.41. The van der Waals surface area contributed by atoms with Crippen LogP contribution in [0.5, 0.6) is 0 Å². The molecule has 0 bridgehead atoms. The highest BCUT2D eigenvalue weighted by molar-refractivity contribution is 14.1. The van der Waals surface area contributed by atoms with Gasteiger partial charge in [0, 0.05) is 16.8 Å². The fraction of sp³-hybridized carbons (Fsp3) is 0.667. The van der Waals surface area contributed by atoms with E-state index < -0.39 is 0 Å². The van der Waals surface area contributed by atoms with Gasteiger partial charge in [0.15, 0.2) is 0 Å². The van der Waals surface area contributed by atoms with Crippen molar-refractivity contribution in [3.63, 3.8) is 0 Å².